The number of benzene rings is 2. The molecule has 2 aliphatic rings. The molecule has 0 bridgehead atoms. The lowest BCUT2D eigenvalue weighted by molar-refractivity contribution is -0.137. The van der Waals surface area contributed by atoms with E-state index in [0.717, 1.165) is 23.8 Å². The zero-order valence-corrected chi connectivity index (χ0v) is 19.1. The van der Waals surface area contributed by atoms with E-state index in [1.807, 2.05) is 6.07 Å². The third-order valence-corrected chi connectivity index (χ3v) is 5.88. The third kappa shape index (κ3) is 4.81. The van der Waals surface area contributed by atoms with Crippen LogP contribution < -0.4 is 10.6 Å². The van der Waals surface area contributed by atoms with Crippen molar-refractivity contribution in [2.45, 2.75) is 38.3 Å². The first-order chi connectivity index (χ1) is 16.1. The lowest BCUT2D eigenvalue weighted by atomic mass is 9.75. The van der Waals surface area contributed by atoms with Gasteiger partial charge in [-0.2, -0.15) is 18.4 Å². The van der Waals surface area contributed by atoms with Crippen LogP contribution >= 0.6 is 11.6 Å². The van der Waals surface area contributed by atoms with Crippen LogP contribution in [-0.2, 0) is 11.0 Å². The summed E-state index contributed by atoms with van der Waals surface area (Å²) in [4.78, 5) is 14.3. The van der Waals surface area contributed by atoms with Gasteiger partial charge in [-0.1, -0.05) is 41.9 Å². The monoisotopic (exact) mass is 489 g/mol. The Balaban J connectivity index is 0.00000103. The van der Waals surface area contributed by atoms with Crippen LogP contribution in [-0.4, -0.2) is 17.5 Å². The zero-order chi connectivity index (χ0) is 25.0. The lowest BCUT2D eigenvalue weighted by Crippen LogP contribution is -2.39. The number of ketones is 1. The summed E-state index contributed by atoms with van der Waals surface area (Å²) < 4.78 is 40.1. The number of nitrogens with zero attached hydrogens (tertiary/aromatic N) is 2. The first kappa shape index (κ1) is 25.3. The van der Waals surface area contributed by atoms with Gasteiger partial charge in [0, 0.05) is 24.3 Å². The predicted molar refractivity (Wildman–Crippen MR) is 124 cm³/mol. The van der Waals surface area contributed by atoms with Crippen LogP contribution in [0.25, 0.3) is 0 Å². The van der Waals surface area contributed by atoms with Crippen LogP contribution in [0.2, 0.25) is 5.02 Å². The number of carbonyl (C=O) groups is 1. The maximum atomic E-state index is 13.4. The molecule has 0 aromatic heterocycles. The summed E-state index contributed by atoms with van der Waals surface area (Å²) in [6.07, 6.45) is -3.33. The number of nitrogens with two attached hydrogens (primary N) is 1. The number of aliphatic hydroxyl groups is 1. The van der Waals surface area contributed by atoms with Crippen LogP contribution in [0.1, 0.15) is 43.2 Å². The van der Waals surface area contributed by atoms with E-state index in [4.69, 9.17) is 22.4 Å². The van der Waals surface area contributed by atoms with Crippen molar-refractivity contribution in [3.05, 3.63) is 87.3 Å². The Bertz CT molecular complexity index is 1180. The summed E-state index contributed by atoms with van der Waals surface area (Å²) >= 11 is 6.28. The fourth-order valence-corrected chi connectivity index (χ4v) is 4.40. The van der Waals surface area contributed by atoms with Crippen molar-refractivity contribution in [1.82, 2.24) is 0 Å². The second-order valence-corrected chi connectivity index (χ2v) is 8.11. The number of aliphatic hydroxyl groups excluding tert-OH is 1. The molecule has 1 aliphatic heterocycles. The molecule has 0 saturated carbocycles. The average Bonchev–Trinajstić information content (AvgIpc) is 2.79. The summed E-state index contributed by atoms with van der Waals surface area (Å²) in [7, 11) is 0. The highest BCUT2D eigenvalue weighted by Crippen LogP contribution is 2.48. The molecule has 0 spiro atoms. The number of carbonyl (C=O) groups excluding carboxylic acids is 1. The molecule has 9 heteroatoms. The van der Waals surface area contributed by atoms with Gasteiger partial charge in [0.05, 0.1) is 33.8 Å². The number of hydrogen-bond donors (Lipinski definition) is 2. The number of rotatable bonds is 2. The molecule has 1 unspecified atom stereocenters. The molecule has 0 fully saturated rings. The van der Waals surface area contributed by atoms with E-state index in [1.165, 1.54) is 4.90 Å². The summed E-state index contributed by atoms with van der Waals surface area (Å²) in [5, 5.41) is 17.5. The molecule has 0 amide bonds. The zero-order valence-electron chi connectivity index (χ0n) is 18.4. The maximum Gasteiger partial charge on any atom is 0.416 e. The normalized spacial score (nSPS) is 18.2. The van der Waals surface area contributed by atoms with Crippen LogP contribution in [0, 0.1) is 11.3 Å². The number of hydrogen-bond acceptors (Lipinski definition) is 5. The smallest absolute Gasteiger partial charge is 0.397 e. The molecule has 0 saturated heterocycles. The van der Waals surface area contributed by atoms with Crippen LogP contribution in [0.3, 0.4) is 0 Å². The molecular formula is C25H23ClF3N3O2. The Kier molecular flexibility index (Phi) is 7.70. The molecule has 2 aromatic carbocycles. The highest BCUT2D eigenvalue weighted by atomic mass is 35.5. The van der Waals surface area contributed by atoms with E-state index in [9.17, 15) is 23.2 Å². The fraction of sp³-hybridized carbons (Fsp3) is 0.280. The van der Waals surface area contributed by atoms with Gasteiger partial charge in [-0.25, -0.2) is 0 Å². The molecule has 1 aliphatic carbocycles. The predicted octanol–water partition coefficient (Wildman–Crippen LogP) is 5.66. The van der Waals surface area contributed by atoms with E-state index < -0.39 is 17.7 Å². The number of alkyl halides is 3. The van der Waals surface area contributed by atoms with E-state index >= 15 is 0 Å². The SMILES string of the molecule is CCO.N#CC1=C(N)N(c2cc(C(F)(F)F)ccc2Cl)C2=C(C(=O)CCC2)C1c1ccccc1. The highest BCUT2D eigenvalue weighted by Gasteiger charge is 2.41. The van der Waals surface area contributed by atoms with Gasteiger partial charge in [-0.3, -0.25) is 9.69 Å². The van der Waals surface area contributed by atoms with Crippen molar-refractivity contribution < 1.29 is 23.1 Å². The number of nitriles is 1. The first-order valence-corrected chi connectivity index (χ1v) is 11.0. The molecule has 1 heterocycles. The molecule has 5 nitrogen and oxygen atoms in total. The molecule has 178 valence electrons. The quantitative estimate of drug-likeness (QED) is 0.568. The average molecular weight is 490 g/mol. The van der Waals surface area contributed by atoms with Gasteiger partial charge in [0.15, 0.2) is 5.78 Å². The van der Waals surface area contributed by atoms with Crippen molar-refractivity contribution in [2.24, 2.45) is 5.73 Å². The third-order valence-electron chi connectivity index (χ3n) is 5.56. The Labute approximate surface area is 200 Å². The summed E-state index contributed by atoms with van der Waals surface area (Å²) in [5.41, 5.74) is 7.17. The Morgan fingerprint density at radius 1 is 1.21 bits per heavy atom. The lowest BCUT2D eigenvalue weighted by Gasteiger charge is -2.40. The van der Waals surface area contributed by atoms with Gasteiger partial charge >= 0.3 is 6.18 Å². The molecule has 1 atom stereocenters. The Morgan fingerprint density at radius 3 is 2.44 bits per heavy atom. The van der Waals surface area contributed by atoms with Gasteiger partial charge in [0.2, 0.25) is 0 Å². The van der Waals surface area contributed by atoms with Crippen molar-refractivity contribution >= 4 is 23.1 Å². The number of halogens is 4. The molecule has 34 heavy (non-hydrogen) atoms. The van der Waals surface area contributed by atoms with Gasteiger partial charge in [0.25, 0.3) is 0 Å². The second kappa shape index (κ2) is 10.3. The minimum atomic E-state index is -4.59. The maximum absolute atomic E-state index is 13.4. The standard InChI is InChI=1S/C23H17ClF3N3O.C2H6O/c24-16-10-9-14(23(25,26)27)11-18(16)30-17-7-4-8-19(31)21(17)20(15(12-28)22(30)29)13-5-2-1-3-6-13;1-2-3/h1-3,5-6,9-11,20H,4,7-8,29H2;3H,2H2,1H3. The summed E-state index contributed by atoms with van der Waals surface area (Å²) in [6, 6.07) is 14.0. The van der Waals surface area contributed by atoms with E-state index in [-0.39, 0.29) is 34.5 Å². The minimum absolute atomic E-state index is 0.00421. The van der Waals surface area contributed by atoms with Crippen molar-refractivity contribution in [3.8, 4) is 6.07 Å². The van der Waals surface area contributed by atoms with Gasteiger partial charge < -0.3 is 10.8 Å². The van der Waals surface area contributed by atoms with Crippen LogP contribution in [0.15, 0.2) is 71.2 Å². The topological polar surface area (TPSA) is 90.3 Å². The van der Waals surface area contributed by atoms with Crippen molar-refractivity contribution in [1.29, 1.82) is 5.26 Å². The molecule has 2 aromatic rings. The second-order valence-electron chi connectivity index (χ2n) is 7.71. The number of anilines is 1. The van der Waals surface area contributed by atoms with E-state index in [2.05, 4.69) is 6.07 Å². The van der Waals surface area contributed by atoms with E-state index in [0.29, 0.717) is 30.5 Å². The minimum Gasteiger partial charge on any atom is -0.397 e. The fourth-order valence-electron chi connectivity index (χ4n) is 4.20. The molecule has 0 radical (unpaired) electrons. The van der Waals surface area contributed by atoms with Crippen LogP contribution in [0.5, 0.6) is 0 Å². The van der Waals surface area contributed by atoms with E-state index in [1.54, 1.807) is 31.2 Å². The summed E-state index contributed by atoms with van der Waals surface area (Å²) in [6.45, 7) is 1.93. The van der Waals surface area contributed by atoms with Gasteiger partial charge in [0.1, 0.15) is 5.82 Å². The number of Topliss-reactive ketones (excluding diaryl/α,β-unsaturated/α-hetero) is 1. The van der Waals surface area contributed by atoms with Crippen molar-refractivity contribution in [3.63, 3.8) is 0 Å². The Morgan fingerprint density at radius 2 is 1.85 bits per heavy atom. The largest absolute Gasteiger partial charge is 0.416 e. The van der Waals surface area contributed by atoms with Gasteiger partial charge in [-0.05, 0) is 43.5 Å². The highest BCUT2D eigenvalue weighted by molar-refractivity contribution is 6.33. The Hall–Kier alpha value is -3.28. The summed E-state index contributed by atoms with van der Waals surface area (Å²) in [5.74, 6) is -0.843. The molecule has 3 N–H and O–H groups in total. The van der Waals surface area contributed by atoms with Crippen molar-refractivity contribution in [2.75, 3.05) is 11.5 Å². The molecule has 4 rings (SSSR count). The molecular weight excluding hydrogens is 467 g/mol. The van der Waals surface area contributed by atoms with Gasteiger partial charge in [-0.15, -0.1) is 0 Å². The first-order valence-electron chi connectivity index (χ1n) is 10.6. The number of allylic oxidation sites excluding steroid dienone is 3. The van der Waals surface area contributed by atoms with Crippen LogP contribution in [0.4, 0.5) is 18.9 Å².